The Bertz CT molecular complexity index is 631. The van der Waals surface area contributed by atoms with E-state index in [-0.39, 0.29) is 10.6 Å². The van der Waals surface area contributed by atoms with Crippen LogP contribution in [0.1, 0.15) is 22.3 Å². The molecule has 0 spiro atoms. The fourth-order valence-corrected chi connectivity index (χ4v) is 2.27. The number of non-ortho nitro benzene ring substituents is 1. The third-order valence-electron chi connectivity index (χ3n) is 3.52. The summed E-state index contributed by atoms with van der Waals surface area (Å²) < 4.78 is 0. The van der Waals surface area contributed by atoms with Gasteiger partial charge in [0, 0.05) is 24.4 Å². The van der Waals surface area contributed by atoms with E-state index >= 15 is 0 Å². The zero-order chi connectivity index (χ0) is 14.7. The lowest BCUT2D eigenvalue weighted by Gasteiger charge is -2.13. The highest BCUT2D eigenvalue weighted by Gasteiger charge is 2.08. The minimum Gasteiger partial charge on any atom is -0.381 e. The van der Waals surface area contributed by atoms with Gasteiger partial charge in [-0.2, -0.15) is 0 Å². The van der Waals surface area contributed by atoms with Gasteiger partial charge in [-0.25, -0.2) is 0 Å². The molecule has 0 radical (unpaired) electrons. The molecule has 20 heavy (non-hydrogen) atoms. The Labute approximate surface area is 118 Å². The van der Waals surface area contributed by atoms with E-state index in [9.17, 15) is 10.1 Å². The molecule has 0 fully saturated rings. The first kappa shape index (κ1) is 14.1. The van der Waals surface area contributed by atoms with Crippen LogP contribution in [0.3, 0.4) is 0 Å². The van der Waals surface area contributed by atoms with Crippen LogP contribution in [0.5, 0.6) is 0 Å². The lowest BCUT2D eigenvalue weighted by atomic mass is 10.0. The van der Waals surface area contributed by atoms with Crippen LogP contribution >= 0.6 is 0 Å². The molecule has 1 N–H and O–H groups in total. The van der Waals surface area contributed by atoms with Crippen molar-refractivity contribution in [2.45, 2.75) is 27.3 Å². The van der Waals surface area contributed by atoms with E-state index in [1.165, 1.54) is 22.8 Å². The zero-order valence-corrected chi connectivity index (χ0v) is 11.9. The summed E-state index contributed by atoms with van der Waals surface area (Å²) in [5, 5.41) is 14.1. The summed E-state index contributed by atoms with van der Waals surface area (Å²) in [6, 6.07) is 11.1. The van der Waals surface area contributed by atoms with Crippen molar-refractivity contribution in [2.24, 2.45) is 0 Å². The van der Waals surface area contributed by atoms with Crippen LogP contribution in [0.25, 0.3) is 0 Å². The maximum atomic E-state index is 10.7. The number of hydrogen-bond acceptors (Lipinski definition) is 3. The van der Waals surface area contributed by atoms with Crippen molar-refractivity contribution in [2.75, 3.05) is 5.32 Å². The van der Waals surface area contributed by atoms with Gasteiger partial charge in [0.1, 0.15) is 0 Å². The van der Waals surface area contributed by atoms with E-state index in [4.69, 9.17) is 0 Å². The third kappa shape index (κ3) is 2.96. The first-order chi connectivity index (χ1) is 9.49. The first-order valence-electron chi connectivity index (χ1n) is 6.53. The highest BCUT2D eigenvalue weighted by atomic mass is 16.6. The van der Waals surface area contributed by atoms with Crippen molar-refractivity contribution in [1.82, 2.24) is 0 Å². The number of nitrogens with one attached hydrogen (secondary N) is 1. The van der Waals surface area contributed by atoms with Crippen molar-refractivity contribution >= 4 is 11.4 Å². The lowest BCUT2D eigenvalue weighted by molar-refractivity contribution is -0.384. The minimum absolute atomic E-state index is 0.125. The van der Waals surface area contributed by atoms with Gasteiger partial charge < -0.3 is 5.32 Å². The van der Waals surface area contributed by atoms with Gasteiger partial charge in [0.05, 0.1) is 4.92 Å². The smallest absolute Gasteiger partial charge is 0.269 e. The minimum atomic E-state index is -0.373. The van der Waals surface area contributed by atoms with Crippen molar-refractivity contribution in [3.8, 4) is 0 Å². The molecular formula is C16H18N2O2. The van der Waals surface area contributed by atoms with Gasteiger partial charge in [-0.05, 0) is 49.1 Å². The molecule has 0 aliphatic rings. The number of aryl methyl sites for hydroxylation is 3. The Hall–Kier alpha value is -2.36. The van der Waals surface area contributed by atoms with E-state index < -0.39 is 0 Å². The average Bonchev–Trinajstić information content (AvgIpc) is 2.39. The maximum Gasteiger partial charge on any atom is 0.269 e. The van der Waals surface area contributed by atoms with E-state index in [1.54, 1.807) is 12.1 Å². The van der Waals surface area contributed by atoms with Crippen molar-refractivity contribution in [3.05, 3.63) is 68.8 Å². The fraction of sp³-hybridized carbons (Fsp3) is 0.250. The largest absolute Gasteiger partial charge is 0.381 e. The number of hydrogen-bond donors (Lipinski definition) is 1. The molecule has 0 aliphatic heterocycles. The topological polar surface area (TPSA) is 55.2 Å². The fourth-order valence-electron chi connectivity index (χ4n) is 2.27. The van der Waals surface area contributed by atoms with Crippen LogP contribution < -0.4 is 5.32 Å². The normalized spacial score (nSPS) is 10.3. The predicted octanol–water partition coefficient (Wildman–Crippen LogP) is 4.13. The third-order valence-corrected chi connectivity index (χ3v) is 3.52. The molecule has 0 saturated carbocycles. The number of nitro groups is 1. The Morgan fingerprint density at radius 1 is 1.05 bits per heavy atom. The molecule has 0 amide bonds. The maximum absolute atomic E-state index is 10.7. The van der Waals surface area contributed by atoms with Crippen LogP contribution in [0.4, 0.5) is 11.4 Å². The van der Waals surface area contributed by atoms with Crippen LogP contribution in [0, 0.1) is 30.9 Å². The summed E-state index contributed by atoms with van der Waals surface area (Å²) in [5.74, 6) is 0. The zero-order valence-electron chi connectivity index (χ0n) is 11.9. The van der Waals surface area contributed by atoms with Gasteiger partial charge >= 0.3 is 0 Å². The summed E-state index contributed by atoms with van der Waals surface area (Å²) in [6.45, 7) is 6.77. The Kier molecular flexibility index (Phi) is 4.03. The molecule has 0 bridgehead atoms. The molecule has 0 aromatic heterocycles. The van der Waals surface area contributed by atoms with Crippen molar-refractivity contribution in [1.29, 1.82) is 0 Å². The molecule has 2 aromatic rings. The van der Waals surface area contributed by atoms with Gasteiger partial charge in [0.15, 0.2) is 0 Å². The summed E-state index contributed by atoms with van der Waals surface area (Å²) in [6.07, 6.45) is 0. The molecule has 0 unspecified atom stereocenters. The van der Waals surface area contributed by atoms with Crippen molar-refractivity contribution < 1.29 is 4.92 Å². The van der Waals surface area contributed by atoms with Crippen LogP contribution in [0.2, 0.25) is 0 Å². The van der Waals surface area contributed by atoms with Crippen molar-refractivity contribution in [3.63, 3.8) is 0 Å². The highest BCUT2D eigenvalue weighted by molar-refractivity contribution is 5.56. The van der Waals surface area contributed by atoms with Crippen LogP contribution in [-0.4, -0.2) is 4.92 Å². The molecule has 0 atom stereocenters. The van der Waals surface area contributed by atoms with E-state index in [0.29, 0.717) is 0 Å². The van der Waals surface area contributed by atoms with E-state index in [1.807, 2.05) is 13.0 Å². The molecular weight excluding hydrogens is 252 g/mol. The Morgan fingerprint density at radius 2 is 1.70 bits per heavy atom. The van der Waals surface area contributed by atoms with E-state index in [0.717, 1.165) is 17.8 Å². The highest BCUT2D eigenvalue weighted by Crippen LogP contribution is 2.22. The number of rotatable bonds is 4. The quantitative estimate of drug-likeness (QED) is 0.671. The monoisotopic (exact) mass is 270 g/mol. The van der Waals surface area contributed by atoms with Crippen LogP contribution in [-0.2, 0) is 6.54 Å². The van der Waals surface area contributed by atoms with Crippen LogP contribution in [0.15, 0.2) is 36.4 Å². The summed E-state index contributed by atoms with van der Waals surface area (Å²) in [7, 11) is 0. The summed E-state index contributed by atoms with van der Waals surface area (Å²) in [4.78, 5) is 10.3. The second-order valence-electron chi connectivity index (χ2n) is 4.98. The number of nitrogens with zero attached hydrogens (tertiary/aromatic N) is 1. The Balaban J connectivity index is 2.17. The van der Waals surface area contributed by atoms with Gasteiger partial charge in [-0.15, -0.1) is 0 Å². The molecule has 4 nitrogen and oxygen atoms in total. The number of nitro benzene ring substituents is 1. The predicted molar refractivity (Wildman–Crippen MR) is 81.1 cm³/mol. The Morgan fingerprint density at radius 3 is 2.25 bits per heavy atom. The second-order valence-corrected chi connectivity index (χ2v) is 4.98. The molecule has 2 rings (SSSR count). The molecule has 0 aliphatic carbocycles. The van der Waals surface area contributed by atoms with Gasteiger partial charge in [0.2, 0.25) is 0 Å². The van der Waals surface area contributed by atoms with E-state index in [2.05, 4.69) is 31.3 Å². The van der Waals surface area contributed by atoms with Gasteiger partial charge in [-0.3, -0.25) is 10.1 Å². The average molecular weight is 270 g/mol. The first-order valence-corrected chi connectivity index (χ1v) is 6.53. The second kappa shape index (κ2) is 5.74. The molecule has 4 heteroatoms. The summed E-state index contributed by atoms with van der Waals surface area (Å²) in [5.41, 5.74) is 5.70. The molecule has 104 valence electrons. The summed E-state index contributed by atoms with van der Waals surface area (Å²) >= 11 is 0. The number of anilines is 1. The van der Waals surface area contributed by atoms with Gasteiger partial charge in [-0.1, -0.05) is 18.2 Å². The number of benzene rings is 2. The SMILES string of the molecule is Cc1cc([N+](=O)[O-])ccc1NCc1c(C)cccc1C. The molecule has 0 heterocycles. The molecule has 2 aromatic carbocycles. The standard InChI is InChI=1S/C16H18N2O2/c1-11-5-4-6-12(2)15(11)10-17-16-8-7-14(18(19)20)9-13(16)3/h4-9,17H,10H2,1-3H3. The lowest BCUT2D eigenvalue weighted by Crippen LogP contribution is -2.04. The van der Waals surface area contributed by atoms with Gasteiger partial charge in [0.25, 0.3) is 5.69 Å². The molecule has 0 saturated heterocycles.